The molecule has 0 saturated carbocycles. The van der Waals surface area contributed by atoms with Crippen LogP contribution in [0.2, 0.25) is 0 Å². The lowest BCUT2D eigenvalue weighted by Gasteiger charge is -2.17. The Hall–Kier alpha value is -5.49. The standard InChI is InChI=1S/C31H31N3O13S2/c1-40-20-15-22(41-2)26-23(16-20)46-28(18-13-24(42-3)29(44-5)25(14-18)43-4)30(27(26)35)45-11-6-12-48-17-32-33-31(48)47-49(38,39)21-9-7-19(8-10-21)34(36)37/h7-10,13-17,48H,6,11-12H2,1-5H3. The van der Waals surface area contributed by atoms with Crippen molar-refractivity contribution in [2.45, 2.75) is 11.3 Å². The molecule has 18 heteroatoms. The molecule has 1 atom stereocenters. The number of benzene rings is 3. The van der Waals surface area contributed by atoms with Crippen molar-refractivity contribution in [3.8, 4) is 45.8 Å². The fourth-order valence-corrected chi connectivity index (χ4v) is 7.50. The molecule has 1 aliphatic rings. The van der Waals surface area contributed by atoms with Gasteiger partial charge in [0.1, 0.15) is 27.4 Å². The van der Waals surface area contributed by atoms with Crippen molar-refractivity contribution in [3.63, 3.8) is 0 Å². The summed E-state index contributed by atoms with van der Waals surface area (Å²) in [4.78, 5) is 24.0. The van der Waals surface area contributed by atoms with Crippen LogP contribution in [0.4, 0.5) is 5.69 Å². The molecule has 1 aromatic heterocycles. The number of hydrogen-bond acceptors (Lipinski definition) is 15. The van der Waals surface area contributed by atoms with Crippen molar-refractivity contribution in [3.05, 3.63) is 68.9 Å². The molecule has 1 unspecified atom stereocenters. The van der Waals surface area contributed by atoms with Gasteiger partial charge in [-0.2, -0.15) is 8.42 Å². The lowest BCUT2D eigenvalue weighted by atomic mass is 10.1. The number of ether oxygens (including phenoxy) is 6. The van der Waals surface area contributed by atoms with Gasteiger partial charge in [-0.3, -0.25) is 14.9 Å². The summed E-state index contributed by atoms with van der Waals surface area (Å²) in [5.74, 6) is 1.85. The van der Waals surface area contributed by atoms with Crippen LogP contribution in [0.15, 0.2) is 72.8 Å². The molecule has 2 heterocycles. The average molecular weight is 718 g/mol. The van der Waals surface area contributed by atoms with Crippen LogP contribution >= 0.6 is 10.9 Å². The quantitative estimate of drug-likeness (QED) is 0.0608. The minimum Gasteiger partial charge on any atom is -0.496 e. The number of fused-ring (bicyclic) bond motifs is 1. The largest absolute Gasteiger partial charge is 0.496 e. The Kier molecular flexibility index (Phi) is 10.5. The molecule has 0 bridgehead atoms. The molecule has 0 radical (unpaired) electrons. The highest BCUT2D eigenvalue weighted by Crippen LogP contribution is 2.44. The van der Waals surface area contributed by atoms with Crippen LogP contribution in [-0.2, 0) is 14.3 Å². The normalized spacial score (nSPS) is 14.6. The Morgan fingerprint density at radius 1 is 0.878 bits per heavy atom. The maximum Gasteiger partial charge on any atom is 0.341 e. The van der Waals surface area contributed by atoms with Gasteiger partial charge < -0.3 is 37.0 Å². The Morgan fingerprint density at radius 2 is 1.55 bits per heavy atom. The van der Waals surface area contributed by atoms with Crippen molar-refractivity contribution in [2.24, 2.45) is 10.2 Å². The molecule has 49 heavy (non-hydrogen) atoms. The monoisotopic (exact) mass is 717 g/mol. The summed E-state index contributed by atoms with van der Waals surface area (Å²) in [7, 11) is 1.53. The van der Waals surface area contributed by atoms with Gasteiger partial charge in [-0.1, -0.05) is 0 Å². The van der Waals surface area contributed by atoms with E-state index in [-0.39, 0.29) is 50.6 Å². The number of methoxy groups -OCH3 is 5. The van der Waals surface area contributed by atoms with Gasteiger partial charge in [-0.05, 0) is 36.4 Å². The van der Waals surface area contributed by atoms with Gasteiger partial charge in [-0.25, -0.2) is 0 Å². The smallest absolute Gasteiger partial charge is 0.341 e. The van der Waals surface area contributed by atoms with Crippen LogP contribution in [0.5, 0.6) is 34.5 Å². The molecular weight excluding hydrogens is 686 g/mol. The summed E-state index contributed by atoms with van der Waals surface area (Å²) in [6.45, 7) is 0.00121. The molecule has 16 nitrogen and oxygen atoms in total. The van der Waals surface area contributed by atoms with Crippen LogP contribution in [0.1, 0.15) is 6.42 Å². The van der Waals surface area contributed by atoms with E-state index in [1.807, 2.05) is 0 Å². The van der Waals surface area contributed by atoms with E-state index in [0.29, 0.717) is 40.7 Å². The highest BCUT2D eigenvalue weighted by atomic mass is 32.2. The van der Waals surface area contributed by atoms with E-state index in [9.17, 15) is 23.3 Å². The minimum absolute atomic E-state index is 0.00121. The van der Waals surface area contributed by atoms with Gasteiger partial charge in [0.05, 0.1) is 52.6 Å². The zero-order chi connectivity index (χ0) is 35.3. The van der Waals surface area contributed by atoms with Gasteiger partial charge >= 0.3 is 10.1 Å². The molecule has 0 spiro atoms. The van der Waals surface area contributed by atoms with E-state index >= 15 is 0 Å². The number of rotatable bonds is 14. The molecule has 0 N–H and O–H groups in total. The summed E-state index contributed by atoms with van der Waals surface area (Å²) in [6.07, 6.45) is 0.323. The van der Waals surface area contributed by atoms with E-state index in [4.69, 9.17) is 37.0 Å². The second-order valence-electron chi connectivity index (χ2n) is 10.0. The molecule has 4 aromatic rings. The Bertz CT molecular complexity index is 2090. The number of non-ortho nitro benzene ring substituents is 1. The molecule has 5 rings (SSSR count). The van der Waals surface area contributed by atoms with Crippen molar-refractivity contribution >= 4 is 48.4 Å². The second-order valence-corrected chi connectivity index (χ2v) is 13.6. The third kappa shape index (κ3) is 7.19. The van der Waals surface area contributed by atoms with E-state index in [1.54, 1.807) is 24.3 Å². The third-order valence-corrected chi connectivity index (χ3v) is 10.4. The topological polar surface area (TPSA) is 197 Å². The van der Waals surface area contributed by atoms with Crippen molar-refractivity contribution in [2.75, 3.05) is 47.9 Å². The lowest BCUT2D eigenvalue weighted by molar-refractivity contribution is -0.384. The summed E-state index contributed by atoms with van der Waals surface area (Å²) in [5, 5.41) is 18.6. The summed E-state index contributed by atoms with van der Waals surface area (Å²) >= 11 is 0. The first kappa shape index (κ1) is 34.8. The molecule has 0 amide bonds. The van der Waals surface area contributed by atoms with Crippen LogP contribution < -0.4 is 33.8 Å². The molecule has 0 saturated heterocycles. The third-order valence-electron chi connectivity index (χ3n) is 7.16. The van der Waals surface area contributed by atoms with Crippen molar-refractivity contribution in [1.82, 2.24) is 0 Å². The van der Waals surface area contributed by atoms with E-state index in [2.05, 4.69) is 10.2 Å². The predicted octanol–water partition coefficient (Wildman–Crippen LogP) is 4.90. The number of nitro groups is 1. The summed E-state index contributed by atoms with van der Waals surface area (Å²) in [6, 6.07) is 10.6. The molecule has 260 valence electrons. The molecule has 0 fully saturated rings. The fourth-order valence-electron chi connectivity index (χ4n) is 4.81. The summed E-state index contributed by atoms with van der Waals surface area (Å²) < 4.78 is 70.6. The maximum atomic E-state index is 14.0. The first-order chi connectivity index (χ1) is 23.5. The highest BCUT2D eigenvalue weighted by Gasteiger charge is 2.27. The zero-order valence-electron chi connectivity index (χ0n) is 26.8. The predicted molar refractivity (Wildman–Crippen MR) is 182 cm³/mol. The number of nitrogens with zero attached hydrogens (tertiary/aromatic N) is 3. The molecule has 3 aromatic carbocycles. The molecule has 0 aliphatic carbocycles. The Morgan fingerprint density at radius 3 is 2.14 bits per heavy atom. The van der Waals surface area contributed by atoms with Crippen molar-refractivity contribution < 1.29 is 50.4 Å². The van der Waals surface area contributed by atoms with Crippen LogP contribution in [0.25, 0.3) is 22.3 Å². The average Bonchev–Trinajstić information content (AvgIpc) is 3.54. The van der Waals surface area contributed by atoms with E-state index in [1.165, 1.54) is 41.1 Å². The van der Waals surface area contributed by atoms with Gasteiger partial charge in [0.25, 0.3) is 10.9 Å². The Labute approximate surface area is 282 Å². The zero-order valence-corrected chi connectivity index (χ0v) is 28.5. The second kappa shape index (κ2) is 14.7. The first-order valence-electron chi connectivity index (χ1n) is 14.3. The number of thiol groups is 1. The van der Waals surface area contributed by atoms with Gasteiger partial charge in [0.2, 0.25) is 16.9 Å². The van der Waals surface area contributed by atoms with E-state index in [0.717, 1.165) is 24.3 Å². The van der Waals surface area contributed by atoms with Gasteiger partial charge in [0.15, 0.2) is 17.3 Å². The maximum absolute atomic E-state index is 14.0. The van der Waals surface area contributed by atoms with Crippen LogP contribution in [-0.4, -0.2) is 72.0 Å². The molecule has 1 aliphatic heterocycles. The Balaban J connectivity index is 1.41. The van der Waals surface area contributed by atoms with Gasteiger partial charge in [-0.15, -0.1) is 21.1 Å². The molecular formula is C31H31N3O13S2. The SMILES string of the molecule is COc1cc(OC)c2c(=O)c(OCCC[SH]3C=NN=C3OS(=O)(=O)c3ccc([N+](=O)[O-])cc3)c(-c3cc(OC)c(OC)c(OC)c3)oc2c1. The van der Waals surface area contributed by atoms with Crippen molar-refractivity contribution in [1.29, 1.82) is 0 Å². The summed E-state index contributed by atoms with van der Waals surface area (Å²) in [5.41, 5.74) is 1.26. The highest BCUT2D eigenvalue weighted by molar-refractivity contribution is 8.40. The fraction of sp³-hybridized carbons (Fsp3) is 0.258. The van der Waals surface area contributed by atoms with Crippen LogP contribution in [0, 0.1) is 10.1 Å². The number of nitro benzene ring substituents is 1. The van der Waals surface area contributed by atoms with Crippen LogP contribution in [0.3, 0.4) is 0 Å². The number of hydrogen-bond donors (Lipinski definition) is 1. The van der Waals surface area contributed by atoms with Gasteiger partial charge in [0, 0.05) is 29.8 Å². The minimum atomic E-state index is -4.34. The van der Waals surface area contributed by atoms with E-state index < -0.39 is 31.4 Å². The lowest BCUT2D eigenvalue weighted by Crippen LogP contribution is -2.16. The first-order valence-corrected chi connectivity index (χ1v) is 17.3.